The summed E-state index contributed by atoms with van der Waals surface area (Å²) in [5.41, 5.74) is 1.14. The van der Waals surface area contributed by atoms with Crippen molar-refractivity contribution in [1.29, 1.82) is 0 Å². The zero-order valence-corrected chi connectivity index (χ0v) is 10.6. The molecular weight excluding hydrogens is 245 g/mol. The first kappa shape index (κ1) is 12.0. The molecule has 0 aliphatic heterocycles. The molecular formula is C15H14FNO2. The summed E-state index contributed by atoms with van der Waals surface area (Å²) in [7, 11) is 0. The quantitative estimate of drug-likeness (QED) is 0.771. The molecule has 0 aliphatic carbocycles. The first-order valence-corrected chi connectivity index (χ1v) is 6.25. The van der Waals surface area contributed by atoms with Crippen LogP contribution < -0.4 is 5.32 Å². The second kappa shape index (κ2) is 4.90. The molecule has 0 saturated carbocycles. The van der Waals surface area contributed by atoms with E-state index in [1.54, 1.807) is 12.3 Å². The first-order chi connectivity index (χ1) is 9.29. The van der Waals surface area contributed by atoms with Gasteiger partial charge in [0.15, 0.2) is 11.4 Å². The molecule has 0 amide bonds. The van der Waals surface area contributed by atoms with Crippen molar-refractivity contribution in [1.82, 2.24) is 5.32 Å². The van der Waals surface area contributed by atoms with Gasteiger partial charge in [-0.25, -0.2) is 4.39 Å². The molecule has 0 spiro atoms. The lowest BCUT2D eigenvalue weighted by atomic mass is 10.1. The smallest absolute Gasteiger partial charge is 0.170 e. The van der Waals surface area contributed by atoms with E-state index in [-0.39, 0.29) is 11.4 Å². The van der Waals surface area contributed by atoms with Crippen LogP contribution in [0.3, 0.4) is 0 Å². The van der Waals surface area contributed by atoms with Gasteiger partial charge in [-0.3, -0.25) is 0 Å². The van der Waals surface area contributed by atoms with Crippen molar-refractivity contribution in [2.45, 2.75) is 13.5 Å². The van der Waals surface area contributed by atoms with Crippen molar-refractivity contribution >= 4 is 11.0 Å². The second-order valence-corrected chi connectivity index (χ2v) is 4.31. The van der Waals surface area contributed by atoms with Gasteiger partial charge in [0, 0.05) is 5.39 Å². The molecule has 0 radical (unpaired) electrons. The first-order valence-electron chi connectivity index (χ1n) is 6.25. The van der Waals surface area contributed by atoms with E-state index < -0.39 is 0 Å². The van der Waals surface area contributed by atoms with Crippen molar-refractivity contribution in [3.05, 3.63) is 48.2 Å². The Hall–Kier alpha value is -2.07. The summed E-state index contributed by atoms with van der Waals surface area (Å²) < 4.78 is 24.6. The Labute approximate surface area is 110 Å². The average molecular weight is 259 g/mol. The molecule has 1 aromatic carbocycles. The van der Waals surface area contributed by atoms with Gasteiger partial charge in [-0.15, -0.1) is 0 Å². The van der Waals surface area contributed by atoms with E-state index in [1.807, 2.05) is 25.1 Å². The van der Waals surface area contributed by atoms with Crippen molar-refractivity contribution in [2.24, 2.45) is 0 Å². The number of nitrogens with one attached hydrogen (secondary N) is 1. The minimum Gasteiger partial charge on any atom is -0.467 e. The van der Waals surface area contributed by atoms with Gasteiger partial charge in [-0.1, -0.05) is 19.1 Å². The standard InChI is InChI=1S/C15H14FNO2/c1-2-17-9-14-11(6-7-18-14)13-8-10-4-3-5-12(16)15(10)19-13/h3-8,17H,2,9H2,1H3. The summed E-state index contributed by atoms with van der Waals surface area (Å²) in [6.45, 7) is 3.51. The van der Waals surface area contributed by atoms with Gasteiger partial charge in [0.2, 0.25) is 0 Å². The summed E-state index contributed by atoms with van der Waals surface area (Å²) >= 11 is 0. The number of hydrogen-bond donors (Lipinski definition) is 1. The Morgan fingerprint density at radius 1 is 1.26 bits per heavy atom. The molecule has 0 fully saturated rings. The minimum atomic E-state index is -0.347. The van der Waals surface area contributed by atoms with Crippen molar-refractivity contribution in [3.8, 4) is 11.3 Å². The highest BCUT2D eigenvalue weighted by atomic mass is 19.1. The van der Waals surface area contributed by atoms with Gasteiger partial charge >= 0.3 is 0 Å². The lowest BCUT2D eigenvalue weighted by Crippen LogP contribution is -2.11. The van der Waals surface area contributed by atoms with Crippen LogP contribution in [-0.4, -0.2) is 6.54 Å². The number of hydrogen-bond acceptors (Lipinski definition) is 3. The Morgan fingerprint density at radius 2 is 2.16 bits per heavy atom. The summed E-state index contributed by atoms with van der Waals surface area (Å²) in [6, 6.07) is 8.56. The molecule has 3 nitrogen and oxygen atoms in total. The topological polar surface area (TPSA) is 38.3 Å². The molecule has 0 aliphatic rings. The fourth-order valence-corrected chi connectivity index (χ4v) is 2.10. The van der Waals surface area contributed by atoms with Gasteiger partial charge in [0.05, 0.1) is 18.4 Å². The molecule has 1 N–H and O–H groups in total. The number of fused-ring (bicyclic) bond motifs is 1. The zero-order valence-electron chi connectivity index (χ0n) is 10.6. The van der Waals surface area contributed by atoms with E-state index >= 15 is 0 Å². The Kier molecular flexibility index (Phi) is 3.09. The second-order valence-electron chi connectivity index (χ2n) is 4.31. The number of furan rings is 2. The summed E-state index contributed by atoms with van der Waals surface area (Å²) in [4.78, 5) is 0. The predicted molar refractivity (Wildman–Crippen MR) is 71.3 cm³/mol. The van der Waals surface area contributed by atoms with Crippen LogP contribution in [0.25, 0.3) is 22.3 Å². The average Bonchev–Trinajstić information content (AvgIpc) is 3.02. The van der Waals surface area contributed by atoms with Gasteiger partial charge in [-0.05, 0) is 24.7 Å². The van der Waals surface area contributed by atoms with Crippen molar-refractivity contribution in [3.63, 3.8) is 0 Å². The SMILES string of the molecule is CCNCc1occc1-c1cc2cccc(F)c2o1. The van der Waals surface area contributed by atoms with Gasteiger partial charge in [0.1, 0.15) is 11.5 Å². The molecule has 2 aromatic heterocycles. The van der Waals surface area contributed by atoms with Gasteiger partial charge < -0.3 is 14.2 Å². The van der Waals surface area contributed by atoms with E-state index in [0.717, 1.165) is 23.3 Å². The summed E-state index contributed by atoms with van der Waals surface area (Å²) in [5.74, 6) is 1.07. The molecule has 0 bridgehead atoms. The molecule has 0 atom stereocenters. The van der Waals surface area contributed by atoms with Crippen LogP contribution in [-0.2, 0) is 6.54 Å². The number of benzene rings is 1. The number of rotatable bonds is 4. The Balaban J connectivity index is 2.04. The highest BCUT2D eigenvalue weighted by molar-refractivity contribution is 5.83. The Morgan fingerprint density at radius 3 is 2.95 bits per heavy atom. The molecule has 0 unspecified atom stereocenters. The Bertz CT molecular complexity index is 699. The maximum atomic E-state index is 13.6. The minimum absolute atomic E-state index is 0.285. The molecule has 98 valence electrons. The molecule has 19 heavy (non-hydrogen) atoms. The van der Waals surface area contributed by atoms with Crippen molar-refractivity contribution in [2.75, 3.05) is 6.54 Å². The highest BCUT2D eigenvalue weighted by Gasteiger charge is 2.14. The van der Waals surface area contributed by atoms with Crippen LogP contribution in [0.4, 0.5) is 4.39 Å². The zero-order chi connectivity index (χ0) is 13.2. The lowest BCUT2D eigenvalue weighted by molar-refractivity contribution is 0.486. The lowest BCUT2D eigenvalue weighted by Gasteiger charge is -2.00. The summed E-state index contributed by atoms with van der Waals surface area (Å²) in [5, 5.41) is 3.95. The van der Waals surface area contributed by atoms with E-state index in [9.17, 15) is 4.39 Å². The van der Waals surface area contributed by atoms with Gasteiger partial charge in [-0.2, -0.15) is 0 Å². The summed E-state index contributed by atoms with van der Waals surface area (Å²) in [6.07, 6.45) is 1.62. The molecule has 4 heteroatoms. The van der Waals surface area contributed by atoms with E-state index in [0.29, 0.717) is 12.3 Å². The third-order valence-corrected chi connectivity index (χ3v) is 3.04. The van der Waals surface area contributed by atoms with Crippen LogP contribution in [0.5, 0.6) is 0 Å². The normalized spacial score (nSPS) is 11.3. The van der Waals surface area contributed by atoms with E-state index in [4.69, 9.17) is 8.83 Å². The van der Waals surface area contributed by atoms with E-state index in [2.05, 4.69) is 5.32 Å². The van der Waals surface area contributed by atoms with Crippen LogP contribution in [0.1, 0.15) is 12.7 Å². The van der Waals surface area contributed by atoms with Gasteiger partial charge in [0.25, 0.3) is 0 Å². The maximum absolute atomic E-state index is 13.6. The third-order valence-electron chi connectivity index (χ3n) is 3.04. The third kappa shape index (κ3) is 2.15. The maximum Gasteiger partial charge on any atom is 0.170 e. The highest BCUT2D eigenvalue weighted by Crippen LogP contribution is 2.31. The fourth-order valence-electron chi connectivity index (χ4n) is 2.10. The molecule has 0 saturated heterocycles. The fraction of sp³-hybridized carbons (Fsp3) is 0.200. The molecule has 3 aromatic rings. The number of halogens is 1. The van der Waals surface area contributed by atoms with Crippen LogP contribution >= 0.6 is 0 Å². The number of para-hydroxylation sites is 1. The monoisotopic (exact) mass is 259 g/mol. The van der Waals surface area contributed by atoms with Crippen LogP contribution in [0.2, 0.25) is 0 Å². The van der Waals surface area contributed by atoms with Crippen LogP contribution in [0.15, 0.2) is 45.4 Å². The largest absolute Gasteiger partial charge is 0.467 e. The molecule has 3 rings (SSSR count). The predicted octanol–water partition coefficient (Wildman–Crippen LogP) is 3.94. The van der Waals surface area contributed by atoms with E-state index in [1.165, 1.54) is 6.07 Å². The van der Waals surface area contributed by atoms with Crippen LogP contribution in [0, 0.1) is 5.82 Å². The van der Waals surface area contributed by atoms with Crippen molar-refractivity contribution < 1.29 is 13.2 Å². The molecule has 2 heterocycles.